The van der Waals surface area contributed by atoms with Crippen LogP contribution in [0.15, 0.2) is 0 Å². The molecule has 19 heavy (non-hydrogen) atoms. The van der Waals surface area contributed by atoms with Gasteiger partial charge in [0.1, 0.15) is 0 Å². The molecule has 0 spiro atoms. The van der Waals surface area contributed by atoms with Gasteiger partial charge in [0.2, 0.25) is 15.9 Å². The van der Waals surface area contributed by atoms with Gasteiger partial charge in [0.25, 0.3) is 0 Å². The van der Waals surface area contributed by atoms with Crippen LogP contribution in [0.2, 0.25) is 0 Å². The predicted molar refractivity (Wildman–Crippen MR) is 67.9 cm³/mol. The fourth-order valence-corrected chi connectivity index (χ4v) is 2.56. The number of rotatable bonds is 9. The molecular weight excluding hydrogens is 276 g/mol. The van der Waals surface area contributed by atoms with Crippen molar-refractivity contribution in [3.05, 3.63) is 0 Å². The first-order valence-electron chi connectivity index (χ1n) is 5.88. The minimum absolute atomic E-state index is 0.0495. The Morgan fingerprint density at radius 1 is 1.32 bits per heavy atom. The number of aliphatic hydroxyl groups excluding tert-OH is 1. The second-order valence-electron chi connectivity index (χ2n) is 4.09. The molecule has 0 aromatic carbocycles. The van der Waals surface area contributed by atoms with E-state index in [1.807, 2.05) is 0 Å². The summed E-state index contributed by atoms with van der Waals surface area (Å²) in [6.45, 7) is 3.04. The molecule has 4 N–H and O–H groups in total. The fourth-order valence-electron chi connectivity index (χ4n) is 1.26. The van der Waals surface area contributed by atoms with Crippen LogP contribution >= 0.6 is 0 Å². The number of aliphatic hydroxyl groups is 1. The largest absolute Gasteiger partial charge is 0.479 e. The van der Waals surface area contributed by atoms with Gasteiger partial charge >= 0.3 is 5.97 Å². The lowest BCUT2D eigenvalue weighted by atomic mass is 10.2. The molecule has 0 saturated carbocycles. The minimum atomic E-state index is -3.49. The number of hydrogen-bond donors (Lipinski definition) is 4. The average molecular weight is 296 g/mol. The molecule has 9 heteroatoms. The number of carbonyl (C=O) groups is 2. The van der Waals surface area contributed by atoms with Crippen molar-refractivity contribution >= 4 is 21.9 Å². The number of carbonyl (C=O) groups excluding carboxylic acids is 1. The van der Waals surface area contributed by atoms with Crippen LogP contribution in [0.4, 0.5) is 0 Å². The van der Waals surface area contributed by atoms with Crippen molar-refractivity contribution < 1.29 is 28.2 Å². The summed E-state index contributed by atoms with van der Waals surface area (Å²) in [5.74, 6) is -2.01. The highest BCUT2D eigenvalue weighted by Gasteiger charge is 2.20. The van der Waals surface area contributed by atoms with Crippen LogP contribution in [0.1, 0.15) is 26.7 Å². The standard InChI is InChI=1S/C10H20N2O6S/c1-3-6-19(17,18)12-7(2)9(14)11-5-4-8(13)10(15)16/h7-8,12-13H,3-6H2,1-2H3,(H,11,14)(H,15,16). The molecule has 1 amide bonds. The third kappa shape index (κ3) is 7.75. The van der Waals surface area contributed by atoms with Crippen molar-refractivity contribution in [3.8, 4) is 0 Å². The smallest absolute Gasteiger partial charge is 0.332 e. The van der Waals surface area contributed by atoms with E-state index in [9.17, 15) is 18.0 Å². The Kier molecular flexibility index (Phi) is 7.57. The number of aliphatic carboxylic acids is 1. The Labute approximate surface area is 112 Å². The summed E-state index contributed by atoms with van der Waals surface area (Å²) >= 11 is 0. The van der Waals surface area contributed by atoms with E-state index >= 15 is 0 Å². The molecule has 0 bridgehead atoms. The number of carboxylic acid groups (broad SMARTS) is 1. The summed E-state index contributed by atoms with van der Waals surface area (Å²) in [5, 5.41) is 19.7. The molecule has 0 saturated heterocycles. The summed E-state index contributed by atoms with van der Waals surface area (Å²) in [4.78, 5) is 21.8. The third-order valence-corrected chi connectivity index (χ3v) is 3.88. The minimum Gasteiger partial charge on any atom is -0.479 e. The predicted octanol–water partition coefficient (Wildman–Crippen LogP) is -1.34. The van der Waals surface area contributed by atoms with E-state index in [0.717, 1.165) is 0 Å². The Morgan fingerprint density at radius 2 is 1.89 bits per heavy atom. The third-order valence-electron chi connectivity index (χ3n) is 2.22. The van der Waals surface area contributed by atoms with E-state index in [1.54, 1.807) is 6.92 Å². The zero-order valence-electron chi connectivity index (χ0n) is 10.9. The van der Waals surface area contributed by atoms with E-state index in [1.165, 1.54) is 6.92 Å². The number of amides is 1. The molecule has 0 aliphatic rings. The van der Waals surface area contributed by atoms with E-state index in [0.29, 0.717) is 6.42 Å². The summed E-state index contributed by atoms with van der Waals surface area (Å²) < 4.78 is 25.0. The van der Waals surface area contributed by atoms with Crippen LogP contribution in [0.25, 0.3) is 0 Å². The first kappa shape index (κ1) is 17.8. The molecule has 0 aromatic heterocycles. The Hall–Kier alpha value is -1.19. The van der Waals surface area contributed by atoms with Gasteiger partial charge in [0.05, 0.1) is 11.8 Å². The summed E-state index contributed by atoms with van der Waals surface area (Å²) in [6, 6.07) is -0.946. The van der Waals surface area contributed by atoms with Gasteiger partial charge in [-0.1, -0.05) is 6.92 Å². The highest BCUT2D eigenvalue weighted by atomic mass is 32.2. The van der Waals surface area contributed by atoms with Crippen molar-refractivity contribution in [1.29, 1.82) is 0 Å². The van der Waals surface area contributed by atoms with E-state index in [2.05, 4.69) is 10.0 Å². The number of carboxylic acids is 1. The maximum Gasteiger partial charge on any atom is 0.332 e. The molecule has 2 unspecified atom stereocenters. The van der Waals surface area contributed by atoms with Crippen LogP contribution in [0, 0.1) is 0 Å². The summed E-state index contributed by atoms with van der Waals surface area (Å²) in [6.07, 6.45) is -1.25. The topological polar surface area (TPSA) is 133 Å². The van der Waals surface area contributed by atoms with Crippen LogP contribution in [-0.2, 0) is 19.6 Å². The molecule has 2 atom stereocenters. The summed E-state index contributed by atoms with van der Waals surface area (Å²) in [7, 11) is -3.49. The second-order valence-corrected chi connectivity index (χ2v) is 5.97. The number of sulfonamides is 1. The van der Waals surface area contributed by atoms with Crippen LogP contribution in [-0.4, -0.2) is 55.0 Å². The molecule has 0 aliphatic carbocycles. The van der Waals surface area contributed by atoms with E-state index < -0.39 is 34.0 Å². The van der Waals surface area contributed by atoms with Gasteiger partial charge in [-0.3, -0.25) is 4.79 Å². The lowest BCUT2D eigenvalue weighted by Crippen LogP contribution is -2.46. The maximum atomic E-state index is 11.5. The first-order chi connectivity index (χ1) is 8.69. The fraction of sp³-hybridized carbons (Fsp3) is 0.800. The van der Waals surface area contributed by atoms with E-state index in [-0.39, 0.29) is 18.7 Å². The molecule has 0 heterocycles. The molecule has 0 rings (SSSR count). The van der Waals surface area contributed by atoms with Crippen molar-refractivity contribution in [3.63, 3.8) is 0 Å². The quantitative estimate of drug-likeness (QED) is 0.416. The SMILES string of the molecule is CCCS(=O)(=O)NC(C)C(=O)NCCC(O)C(=O)O. The molecule has 0 aromatic rings. The second kappa shape index (κ2) is 8.08. The number of nitrogens with one attached hydrogen (secondary N) is 2. The van der Waals surface area contributed by atoms with Gasteiger partial charge in [0, 0.05) is 13.0 Å². The highest BCUT2D eigenvalue weighted by molar-refractivity contribution is 7.89. The Balaban J connectivity index is 4.11. The maximum absolute atomic E-state index is 11.5. The molecule has 8 nitrogen and oxygen atoms in total. The van der Waals surface area contributed by atoms with Crippen LogP contribution in [0.5, 0.6) is 0 Å². The first-order valence-corrected chi connectivity index (χ1v) is 7.53. The molecule has 0 fully saturated rings. The van der Waals surface area contributed by atoms with Gasteiger partial charge in [-0.05, 0) is 13.3 Å². The van der Waals surface area contributed by atoms with Crippen molar-refractivity contribution in [2.24, 2.45) is 0 Å². The van der Waals surface area contributed by atoms with Crippen molar-refractivity contribution in [2.45, 2.75) is 38.8 Å². The highest BCUT2D eigenvalue weighted by Crippen LogP contribution is 1.94. The van der Waals surface area contributed by atoms with Crippen molar-refractivity contribution in [2.75, 3.05) is 12.3 Å². The summed E-state index contributed by atoms with van der Waals surface area (Å²) in [5.41, 5.74) is 0. The van der Waals surface area contributed by atoms with E-state index in [4.69, 9.17) is 10.2 Å². The zero-order chi connectivity index (χ0) is 15.1. The van der Waals surface area contributed by atoms with Gasteiger partial charge in [-0.15, -0.1) is 0 Å². The van der Waals surface area contributed by atoms with Gasteiger partial charge in [0.15, 0.2) is 6.10 Å². The normalized spacial score (nSPS) is 14.7. The zero-order valence-corrected chi connectivity index (χ0v) is 11.7. The van der Waals surface area contributed by atoms with Crippen LogP contribution in [0.3, 0.4) is 0 Å². The Bertz CT molecular complexity index is 408. The monoisotopic (exact) mass is 296 g/mol. The average Bonchev–Trinajstić information content (AvgIpc) is 2.27. The van der Waals surface area contributed by atoms with Crippen molar-refractivity contribution in [1.82, 2.24) is 10.0 Å². The molecule has 0 radical (unpaired) electrons. The lowest BCUT2D eigenvalue weighted by molar-refractivity contribution is -0.147. The lowest BCUT2D eigenvalue weighted by Gasteiger charge is -2.14. The molecule has 112 valence electrons. The van der Waals surface area contributed by atoms with Gasteiger partial charge < -0.3 is 15.5 Å². The number of hydrogen-bond acceptors (Lipinski definition) is 5. The van der Waals surface area contributed by atoms with Gasteiger partial charge in [-0.25, -0.2) is 17.9 Å². The molecule has 0 aliphatic heterocycles. The Morgan fingerprint density at radius 3 is 2.37 bits per heavy atom. The van der Waals surface area contributed by atoms with Gasteiger partial charge in [-0.2, -0.15) is 0 Å². The molecular formula is C10H20N2O6S. The van der Waals surface area contributed by atoms with Crippen LogP contribution < -0.4 is 10.0 Å².